The fourth-order valence-corrected chi connectivity index (χ4v) is 6.35. The average Bonchev–Trinajstić information content (AvgIpc) is 3.32. The standard InChI is InChI=1S/C28H24ClFN2O4S/c29-21-5-3-6-22(30)20(21)17-32-23-16-18(26(33)31-12-10-28(11-13-31)35-14-15-36-28)8-9-25(23)37-24-7-2-1-4-19(24)27(32)34/h1-9,16H,10-15,17H2. The molecule has 3 aromatic rings. The van der Waals surface area contributed by atoms with E-state index < -0.39 is 11.6 Å². The second-order valence-corrected chi connectivity index (χ2v) is 10.8. The molecule has 0 aliphatic carbocycles. The molecule has 2 saturated heterocycles. The zero-order valence-corrected chi connectivity index (χ0v) is 21.5. The number of fused-ring (bicyclic) bond motifs is 2. The molecule has 3 aromatic carbocycles. The van der Waals surface area contributed by atoms with E-state index in [1.807, 2.05) is 18.2 Å². The predicted octanol–water partition coefficient (Wildman–Crippen LogP) is 5.77. The molecule has 3 heterocycles. The molecule has 0 N–H and O–H groups in total. The second-order valence-electron chi connectivity index (χ2n) is 9.27. The van der Waals surface area contributed by atoms with Crippen LogP contribution in [0, 0.1) is 5.82 Å². The normalized spacial score (nSPS) is 18.5. The third-order valence-corrected chi connectivity index (χ3v) is 8.58. The topological polar surface area (TPSA) is 59.1 Å². The number of carbonyl (C=O) groups is 2. The summed E-state index contributed by atoms with van der Waals surface area (Å²) in [7, 11) is 0. The summed E-state index contributed by atoms with van der Waals surface area (Å²) in [4.78, 5) is 32.2. The lowest BCUT2D eigenvalue weighted by atomic mass is 10.0. The summed E-state index contributed by atoms with van der Waals surface area (Å²) in [5, 5.41) is 0.241. The van der Waals surface area contributed by atoms with Gasteiger partial charge in [0, 0.05) is 51.9 Å². The molecule has 0 unspecified atom stereocenters. The molecule has 3 aliphatic heterocycles. The minimum atomic E-state index is -0.574. The van der Waals surface area contributed by atoms with Gasteiger partial charge in [0.15, 0.2) is 5.79 Å². The Labute approximate surface area is 223 Å². The number of likely N-dealkylation sites (tertiary alicyclic amines) is 1. The van der Waals surface area contributed by atoms with Gasteiger partial charge in [-0.3, -0.25) is 9.59 Å². The van der Waals surface area contributed by atoms with E-state index in [4.69, 9.17) is 21.1 Å². The van der Waals surface area contributed by atoms with Gasteiger partial charge in [-0.05, 0) is 42.5 Å². The number of amides is 2. The highest BCUT2D eigenvalue weighted by Crippen LogP contribution is 2.43. The van der Waals surface area contributed by atoms with Crippen LogP contribution in [0.3, 0.4) is 0 Å². The highest BCUT2D eigenvalue weighted by molar-refractivity contribution is 7.99. The largest absolute Gasteiger partial charge is 0.347 e. The van der Waals surface area contributed by atoms with Gasteiger partial charge in [0.25, 0.3) is 11.8 Å². The van der Waals surface area contributed by atoms with E-state index >= 15 is 0 Å². The van der Waals surface area contributed by atoms with Crippen LogP contribution < -0.4 is 4.90 Å². The number of rotatable bonds is 3. The number of carbonyl (C=O) groups excluding carboxylic acids is 2. The molecule has 0 saturated carbocycles. The van der Waals surface area contributed by atoms with Gasteiger partial charge in [0.05, 0.1) is 31.0 Å². The fraction of sp³-hybridized carbons (Fsp3) is 0.286. The number of piperidine rings is 1. The Hall–Kier alpha value is -2.91. The summed E-state index contributed by atoms with van der Waals surface area (Å²) in [6.45, 7) is 2.13. The Morgan fingerprint density at radius 1 is 1.00 bits per heavy atom. The number of anilines is 1. The molecule has 6 rings (SSSR count). The molecular formula is C28H24ClFN2O4S. The van der Waals surface area contributed by atoms with Gasteiger partial charge in [-0.25, -0.2) is 4.39 Å². The first-order chi connectivity index (χ1) is 17.9. The summed E-state index contributed by atoms with van der Waals surface area (Å²) >= 11 is 7.79. The van der Waals surface area contributed by atoms with Crippen molar-refractivity contribution in [3.63, 3.8) is 0 Å². The lowest BCUT2D eigenvalue weighted by molar-refractivity contribution is -0.181. The van der Waals surface area contributed by atoms with Gasteiger partial charge >= 0.3 is 0 Å². The molecule has 9 heteroatoms. The smallest absolute Gasteiger partial charge is 0.259 e. The molecule has 0 atom stereocenters. The summed E-state index contributed by atoms with van der Waals surface area (Å²) in [5.41, 5.74) is 1.75. The van der Waals surface area contributed by atoms with Crippen molar-refractivity contribution in [1.29, 1.82) is 0 Å². The summed E-state index contributed by atoms with van der Waals surface area (Å²) < 4.78 is 26.3. The average molecular weight is 539 g/mol. The highest BCUT2D eigenvalue weighted by Gasteiger charge is 2.41. The number of halogens is 2. The van der Waals surface area contributed by atoms with Crippen molar-refractivity contribution in [3.8, 4) is 0 Å². The highest BCUT2D eigenvalue weighted by atomic mass is 35.5. The van der Waals surface area contributed by atoms with Crippen molar-refractivity contribution >= 4 is 40.9 Å². The van der Waals surface area contributed by atoms with E-state index in [-0.39, 0.29) is 28.9 Å². The molecule has 6 nitrogen and oxygen atoms in total. The van der Waals surface area contributed by atoms with E-state index in [1.165, 1.54) is 28.8 Å². The molecule has 0 radical (unpaired) electrons. The van der Waals surface area contributed by atoms with Gasteiger partial charge in [-0.1, -0.05) is 41.6 Å². The minimum absolute atomic E-state index is 0.0647. The van der Waals surface area contributed by atoms with Crippen LogP contribution in [0.1, 0.15) is 39.1 Å². The zero-order valence-electron chi connectivity index (χ0n) is 19.9. The van der Waals surface area contributed by atoms with Gasteiger partial charge < -0.3 is 19.3 Å². The van der Waals surface area contributed by atoms with Gasteiger partial charge in [0.1, 0.15) is 5.82 Å². The summed E-state index contributed by atoms with van der Waals surface area (Å²) in [5.74, 6) is -1.47. The number of nitrogens with zero attached hydrogens (tertiary/aromatic N) is 2. The van der Waals surface area contributed by atoms with Crippen LogP contribution in [0.15, 0.2) is 70.5 Å². The zero-order chi connectivity index (χ0) is 25.6. The molecule has 0 bridgehead atoms. The quantitative estimate of drug-likeness (QED) is 0.424. The molecule has 190 valence electrons. The number of hydrogen-bond acceptors (Lipinski definition) is 5. The van der Waals surface area contributed by atoms with Gasteiger partial charge in [-0.15, -0.1) is 0 Å². The molecule has 0 aromatic heterocycles. The van der Waals surface area contributed by atoms with Crippen molar-refractivity contribution in [2.45, 2.75) is 35.0 Å². The molecule has 3 aliphatic rings. The van der Waals surface area contributed by atoms with Crippen LogP contribution in [-0.2, 0) is 16.0 Å². The Balaban J connectivity index is 1.36. The fourth-order valence-electron chi connectivity index (χ4n) is 5.07. The van der Waals surface area contributed by atoms with Crippen LogP contribution >= 0.6 is 23.4 Å². The van der Waals surface area contributed by atoms with Crippen molar-refractivity contribution in [3.05, 3.63) is 88.2 Å². The Bertz CT molecular complexity index is 1360. The van der Waals surface area contributed by atoms with E-state index in [9.17, 15) is 14.0 Å². The first kappa shape index (κ1) is 24.4. The Morgan fingerprint density at radius 3 is 2.51 bits per heavy atom. The maximum absolute atomic E-state index is 14.8. The van der Waals surface area contributed by atoms with Crippen molar-refractivity contribution in [2.24, 2.45) is 0 Å². The van der Waals surface area contributed by atoms with E-state index in [0.717, 1.165) is 9.79 Å². The minimum Gasteiger partial charge on any atom is -0.347 e. The van der Waals surface area contributed by atoms with Crippen molar-refractivity contribution < 1.29 is 23.5 Å². The first-order valence-corrected chi connectivity index (χ1v) is 13.4. The van der Waals surface area contributed by atoms with E-state index in [2.05, 4.69) is 0 Å². The van der Waals surface area contributed by atoms with Crippen LogP contribution in [0.2, 0.25) is 5.02 Å². The molecular weight excluding hydrogens is 515 g/mol. The SMILES string of the molecule is O=C(c1ccc2c(c1)N(Cc1c(F)cccc1Cl)C(=O)c1ccccc1S2)N1CCC2(CC1)OCCO2. The van der Waals surface area contributed by atoms with Crippen molar-refractivity contribution in [2.75, 3.05) is 31.2 Å². The number of benzene rings is 3. The maximum Gasteiger partial charge on any atom is 0.259 e. The lowest BCUT2D eigenvalue weighted by Crippen LogP contribution is -2.47. The molecule has 1 spiro atoms. The predicted molar refractivity (Wildman–Crippen MR) is 139 cm³/mol. The third-order valence-electron chi connectivity index (χ3n) is 7.08. The van der Waals surface area contributed by atoms with E-state index in [0.29, 0.717) is 56.0 Å². The number of ether oxygens (including phenoxy) is 2. The van der Waals surface area contributed by atoms with Crippen molar-refractivity contribution in [1.82, 2.24) is 4.90 Å². The van der Waals surface area contributed by atoms with Crippen LogP contribution in [0.4, 0.5) is 10.1 Å². The van der Waals surface area contributed by atoms with Crippen LogP contribution in [-0.4, -0.2) is 48.8 Å². The monoisotopic (exact) mass is 538 g/mol. The van der Waals surface area contributed by atoms with E-state index in [1.54, 1.807) is 35.2 Å². The first-order valence-electron chi connectivity index (χ1n) is 12.2. The van der Waals surface area contributed by atoms with Gasteiger partial charge in [0.2, 0.25) is 0 Å². The summed E-state index contributed by atoms with van der Waals surface area (Å²) in [6, 6.07) is 17.2. The molecule has 2 fully saturated rings. The molecule has 37 heavy (non-hydrogen) atoms. The number of hydrogen-bond donors (Lipinski definition) is 0. The maximum atomic E-state index is 14.8. The summed E-state index contributed by atoms with van der Waals surface area (Å²) in [6.07, 6.45) is 1.23. The van der Waals surface area contributed by atoms with Crippen LogP contribution in [0.25, 0.3) is 0 Å². The van der Waals surface area contributed by atoms with Gasteiger partial charge in [-0.2, -0.15) is 0 Å². The second kappa shape index (κ2) is 9.76. The molecule has 2 amide bonds. The Morgan fingerprint density at radius 2 is 1.76 bits per heavy atom. The Kier molecular flexibility index (Phi) is 6.44. The van der Waals surface area contributed by atoms with Crippen LogP contribution in [0.5, 0.6) is 0 Å². The lowest BCUT2D eigenvalue weighted by Gasteiger charge is -2.37. The third kappa shape index (κ3) is 4.52.